The van der Waals surface area contributed by atoms with E-state index in [0.717, 1.165) is 11.1 Å². The van der Waals surface area contributed by atoms with Crippen molar-refractivity contribution in [2.45, 2.75) is 18.9 Å². The number of fused-ring (bicyclic) bond motifs is 3. The van der Waals surface area contributed by atoms with Crippen molar-refractivity contribution in [2.75, 3.05) is 17.7 Å². The van der Waals surface area contributed by atoms with Gasteiger partial charge in [0.15, 0.2) is 0 Å². The summed E-state index contributed by atoms with van der Waals surface area (Å²) in [5.41, 5.74) is 3.61. The molecule has 0 saturated heterocycles. The second-order valence-electron chi connectivity index (χ2n) is 6.89. The van der Waals surface area contributed by atoms with Gasteiger partial charge in [0.1, 0.15) is 6.04 Å². The predicted octanol–water partition coefficient (Wildman–Crippen LogP) is 3.49. The van der Waals surface area contributed by atoms with Crippen molar-refractivity contribution in [3.8, 4) is 11.3 Å². The molecule has 4 rings (SSSR count). The maximum atomic E-state index is 12.3. The molecule has 1 aliphatic heterocycles. The molecule has 0 spiro atoms. The van der Waals surface area contributed by atoms with Crippen LogP contribution in [0.15, 0.2) is 54.7 Å². The highest BCUT2D eigenvalue weighted by atomic mass is 35.5. The maximum Gasteiger partial charge on any atom is 0.328 e. The van der Waals surface area contributed by atoms with Crippen molar-refractivity contribution in [3.05, 3.63) is 70.9 Å². The number of aromatic nitrogens is 2. The van der Waals surface area contributed by atoms with E-state index in [9.17, 15) is 9.59 Å². The highest BCUT2D eigenvalue weighted by Gasteiger charge is 2.24. The van der Waals surface area contributed by atoms with Crippen LogP contribution in [0, 0.1) is 0 Å². The molecule has 2 aromatic carbocycles. The molecule has 1 amide bonds. The number of benzene rings is 2. The van der Waals surface area contributed by atoms with Crippen LogP contribution in [0.4, 0.5) is 11.6 Å². The van der Waals surface area contributed by atoms with Crippen molar-refractivity contribution in [3.63, 3.8) is 0 Å². The molecule has 30 heavy (non-hydrogen) atoms. The van der Waals surface area contributed by atoms with Gasteiger partial charge in [-0.1, -0.05) is 41.9 Å². The Morgan fingerprint density at radius 1 is 1.27 bits per heavy atom. The van der Waals surface area contributed by atoms with Crippen molar-refractivity contribution in [1.29, 1.82) is 0 Å². The lowest BCUT2D eigenvalue weighted by Crippen LogP contribution is -2.33. The van der Waals surface area contributed by atoms with Crippen LogP contribution in [0.3, 0.4) is 0 Å². The van der Waals surface area contributed by atoms with E-state index in [1.165, 1.54) is 7.11 Å². The molecule has 7 nitrogen and oxygen atoms in total. The Labute approximate surface area is 178 Å². The summed E-state index contributed by atoms with van der Waals surface area (Å²) < 4.78 is 4.95. The Morgan fingerprint density at radius 3 is 2.83 bits per heavy atom. The summed E-state index contributed by atoms with van der Waals surface area (Å²) in [5, 5.41) is 6.43. The topological polar surface area (TPSA) is 93.2 Å². The third-order valence-electron chi connectivity index (χ3n) is 4.80. The summed E-state index contributed by atoms with van der Waals surface area (Å²) in [4.78, 5) is 33.5. The van der Waals surface area contributed by atoms with Crippen molar-refractivity contribution >= 4 is 35.1 Å². The van der Waals surface area contributed by atoms with E-state index in [0.29, 0.717) is 28.4 Å². The van der Waals surface area contributed by atoms with Crippen LogP contribution < -0.4 is 10.6 Å². The van der Waals surface area contributed by atoms with Crippen LogP contribution in [-0.2, 0) is 27.2 Å². The molecular formula is C22H19ClN4O3. The molecule has 0 unspecified atom stereocenters. The number of nitrogens with zero attached hydrogens (tertiary/aromatic N) is 2. The van der Waals surface area contributed by atoms with E-state index in [4.69, 9.17) is 16.3 Å². The highest BCUT2D eigenvalue weighted by Crippen LogP contribution is 2.34. The Balaban J connectivity index is 1.68. The minimum atomic E-state index is -0.661. The quantitative estimate of drug-likeness (QED) is 0.611. The average molecular weight is 423 g/mol. The lowest BCUT2D eigenvalue weighted by atomic mass is 10.0. The molecule has 2 heterocycles. The Morgan fingerprint density at radius 2 is 2.07 bits per heavy atom. The molecule has 0 bridgehead atoms. The largest absolute Gasteiger partial charge is 0.467 e. The molecule has 0 aliphatic carbocycles. The first kappa shape index (κ1) is 19.8. The molecule has 8 heteroatoms. The van der Waals surface area contributed by atoms with Crippen LogP contribution in [0.5, 0.6) is 0 Å². The fraction of sp³-hybridized carbons (Fsp3) is 0.182. The van der Waals surface area contributed by atoms with Gasteiger partial charge in [0.05, 0.1) is 24.9 Å². The smallest absolute Gasteiger partial charge is 0.328 e. The number of rotatable bonds is 5. The van der Waals surface area contributed by atoms with Gasteiger partial charge in [-0.25, -0.2) is 14.8 Å². The molecule has 1 aliphatic rings. The van der Waals surface area contributed by atoms with E-state index < -0.39 is 12.0 Å². The summed E-state index contributed by atoms with van der Waals surface area (Å²) in [7, 11) is 1.34. The second kappa shape index (κ2) is 8.51. The predicted molar refractivity (Wildman–Crippen MR) is 114 cm³/mol. The molecule has 0 saturated carbocycles. The molecular weight excluding hydrogens is 404 g/mol. The van der Waals surface area contributed by atoms with E-state index in [1.807, 2.05) is 30.3 Å². The van der Waals surface area contributed by atoms with Gasteiger partial charge in [-0.3, -0.25) is 4.79 Å². The van der Waals surface area contributed by atoms with E-state index in [2.05, 4.69) is 20.6 Å². The number of methoxy groups -OCH3 is 1. The summed E-state index contributed by atoms with van der Waals surface area (Å²) in [6.45, 7) is 0. The third-order valence-corrected chi connectivity index (χ3v) is 5.03. The van der Waals surface area contributed by atoms with Gasteiger partial charge < -0.3 is 15.4 Å². The third kappa shape index (κ3) is 4.26. The number of carbonyl (C=O) groups excluding carboxylic acids is 2. The SMILES string of the molecule is COC(=O)[C@@H](Cc1ccccc1)Nc1ncc2c(n1)-c1ccc(Cl)cc1NC(=O)C2. The van der Waals surface area contributed by atoms with Crippen molar-refractivity contribution in [2.24, 2.45) is 0 Å². The number of hydrogen-bond acceptors (Lipinski definition) is 6. The van der Waals surface area contributed by atoms with Gasteiger partial charge >= 0.3 is 5.97 Å². The zero-order chi connectivity index (χ0) is 21.1. The fourth-order valence-corrected chi connectivity index (χ4v) is 3.55. The normalized spacial score (nSPS) is 13.3. The molecule has 2 N–H and O–H groups in total. The van der Waals surface area contributed by atoms with Gasteiger partial charge in [-0.15, -0.1) is 0 Å². The first-order valence-electron chi connectivity index (χ1n) is 9.37. The van der Waals surface area contributed by atoms with Crippen molar-refractivity contribution < 1.29 is 14.3 Å². The number of nitrogens with one attached hydrogen (secondary N) is 2. The van der Waals surface area contributed by atoms with Gasteiger partial charge in [-0.05, 0) is 23.8 Å². The number of ether oxygens (including phenoxy) is 1. The number of esters is 1. The van der Waals surface area contributed by atoms with Gasteiger partial charge in [0.2, 0.25) is 11.9 Å². The van der Waals surface area contributed by atoms with E-state index >= 15 is 0 Å². The zero-order valence-corrected chi connectivity index (χ0v) is 16.9. The first-order chi connectivity index (χ1) is 14.5. The summed E-state index contributed by atoms with van der Waals surface area (Å²) in [5.74, 6) is -0.310. The lowest BCUT2D eigenvalue weighted by molar-refractivity contribution is -0.141. The Kier molecular flexibility index (Phi) is 5.63. The molecule has 1 aromatic heterocycles. The summed E-state index contributed by atoms with van der Waals surface area (Å²) >= 11 is 6.08. The fourth-order valence-electron chi connectivity index (χ4n) is 3.37. The molecule has 0 fully saturated rings. The number of anilines is 2. The number of hydrogen-bond donors (Lipinski definition) is 2. The average Bonchev–Trinajstić information content (AvgIpc) is 2.88. The van der Waals surface area contributed by atoms with Gasteiger partial charge in [0.25, 0.3) is 0 Å². The Bertz CT molecular complexity index is 1100. The number of amides is 1. The summed E-state index contributed by atoms with van der Waals surface area (Å²) in [6.07, 6.45) is 2.16. The van der Waals surface area contributed by atoms with Crippen molar-refractivity contribution in [1.82, 2.24) is 9.97 Å². The molecule has 152 valence electrons. The van der Waals surface area contributed by atoms with E-state index in [-0.39, 0.29) is 18.3 Å². The number of carbonyl (C=O) groups is 2. The van der Waals surface area contributed by atoms with E-state index in [1.54, 1.807) is 24.4 Å². The van der Waals surface area contributed by atoms with Crippen LogP contribution >= 0.6 is 11.6 Å². The van der Waals surface area contributed by atoms with Gasteiger partial charge in [-0.2, -0.15) is 0 Å². The zero-order valence-electron chi connectivity index (χ0n) is 16.2. The first-order valence-corrected chi connectivity index (χ1v) is 9.75. The van der Waals surface area contributed by atoms with Crippen LogP contribution in [-0.4, -0.2) is 35.0 Å². The minimum Gasteiger partial charge on any atom is -0.467 e. The molecule has 0 radical (unpaired) electrons. The van der Waals surface area contributed by atoms with Crippen LogP contribution in [0.25, 0.3) is 11.3 Å². The maximum absolute atomic E-state index is 12.3. The minimum absolute atomic E-state index is 0.145. The number of halogens is 1. The molecule has 1 atom stereocenters. The monoisotopic (exact) mass is 422 g/mol. The Hall–Kier alpha value is -3.45. The summed E-state index contributed by atoms with van der Waals surface area (Å²) in [6, 6.07) is 14.2. The molecule has 3 aromatic rings. The van der Waals surface area contributed by atoms with Crippen LogP contribution in [0.1, 0.15) is 11.1 Å². The second-order valence-corrected chi connectivity index (χ2v) is 7.33. The van der Waals surface area contributed by atoms with Gasteiger partial charge in [0, 0.05) is 28.8 Å². The highest BCUT2D eigenvalue weighted by molar-refractivity contribution is 6.31. The standard InChI is InChI=1S/C22H19ClN4O3/c1-30-21(29)18(9-13-5-3-2-4-6-13)26-22-24-12-14-10-19(28)25-17-11-15(23)7-8-16(17)20(14)27-22/h2-8,11-12,18H,9-10H2,1H3,(H,25,28)(H,24,26,27)/t18-/m1/s1. The van der Waals surface area contributed by atoms with Crippen LogP contribution in [0.2, 0.25) is 5.02 Å². The lowest BCUT2D eigenvalue weighted by Gasteiger charge is -2.17.